The maximum absolute atomic E-state index is 12.8. The average Bonchev–Trinajstić information content (AvgIpc) is 3.03. The SMILES string of the molecule is CCCN(CCC(=O)O)C(=O)c1sc2nnc(C(C)C)n2c1C. The van der Waals surface area contributed by atoms with E-state index >= 15 is 0 Å². The van der Waals surface area contributed by atoms with E-state index < -0.39 is 5.97 Å². The lowest BCUT2D eigenvalue weighted by atomic mass is 10.2. The lowest BCUT2D eigenvalue weighted by Crippen LogP contribution is -2.33. The number of carbonyl (C=O) groups is 2. The molecule has 0 unspecified atom stereocenters. The Morgan fingerprint density at radius 3 is 2.57 bits per heavy atom. The van der Waals surface area contributed by atoms with Crippen LogP contribution in [-0.4, -0.2) is 49.6 Å². The Kier molecular flexibility index (Phi) is 5.35. The second-order valence-corrected chi connectivity index (χ2v) is 6.76. The number of fused-ring (bicyclic) bond motifs is 1. The summed E-state index contributed by atoms with van der Waals surface area (Å²) in [6, 6.07) is 0. The van der Waals surface area contributed by atoms with Crippen LogP contribution in [0.3, 0.4) is 0 Å². The van der Waals surface area contributed by atoms with Gasteiger partial charge in [-0.1, -0.05) is 32.1 Å². The van der Waals surface area contributed by atoms with Gasteiger partial charge in [-0.2, -0.15) is 0 Å². The molecule has 0 fully saturated rings. The maximum atomic E-state index is 12.8. The zero-order chi connectivity index (χ0) is 17.1. The molecular formula is C15H22N4O3S. The summed E-state index contributed by atoms with van der Waals surface area (Å²) in [5.74, 6) is 0.0130. The first-order valence-corrected chi connectivity index (χ1v) is 8.53. The second kappa shape index (κ2) is 7.08. The van der Waals surface area contributed by atoms with E-state index in [9.17, 15) is 9.59 Å². The van der Waals surface area contributed by atoms with E-state index in [1.54, 1.807) is 4.90 Å². The fourth-order valence-corrected chi connectivity index (χ4v) is 3.50. The topological polar surface area (TPSA) is 87.8 Å². The second-order valence-electron chi connectivity index (χ2n) is 5.78. The van der Waals surface area contributed by atoms with E-state index in [1.807, 2.05) is 32.1 Å². The van der Waals surface area contributed by atoms with Crippen LogP contribution in [0, 0.1) is 6.92 Å². The average molecular weight is 338 g/mol. The number of carbonyl (C=O) groups excluding carboxylic acids is 1. The van der Waals surface area contributed by atoms with Gasteiger partial charge in [0.15, 0.2) is 0 Å². The lowest BCUT2D eigenvalue weighted by Gasteiger charge is -2.20. The molecule has 7 nitrogen and oxygen atoms in total. The molecule has 0 saturated heterocycles. The highest BCUT2D eigenvalue weighted by Gasteiger charge is 2.24. The molecule has 0 saturated carbocycles. The molecule has 0 aliphatic heterocycles. The maximum Gasteiger partial charge on any atom is 0.305 e. The molecular weight excluding hydrogens is 316 g/mol. The van der Waals surface area contributed by atoms with E-state index in [4.69, 9.17) is 5.11 Å². The number of thiazole rings is 1. The first-order chi connectivity index (χ1) is 10.9. The molecule has 126 valence electrons. The van der Waals surface area contributed by atoms with Gasteiger partial charge in [-0.15, -0.1) is 10.2 Å². The van der Waals surface area contributed by atoms with Gasteiger partial charge in [0.1, 0.15) is 10.7 Å². The van der Waals surface area contributed by atoms with Crippen LogP contribution in [0.5, 0.6) is 0 Å². The van der Waals surface area contributed by atoms with E-state index in [-0.39, 0.29) is 24.8 Å². The number of carboxylic acids is 1. The Bertz CT molecular complexity index is 720. The number of rotatable bonds is 7. The Labute approximate surface area is 138 Å². The fraction of sp³-hybridized carbons (Fsp3) is 0.600. The van der Waals surface area contributed by atoms with Gasteiger partial charge >= 0.3 is 5.97 Å². The Morgan fingerprint density at radius 2 is 2.00 bits per heavy atom. The van der Waals surface area contributed by atoms with Crippen molar-refractivity contribution in [2.75, 3.05) is 13.1 Å². The molecule has 2 aromatic heterocycles. The number of hydrogen-bond acceptors (Lipinski definition) is 5. The van der Waals surface area contributed by atoms with Crippen LogP contribution in [0.1, 0.15) is 60.7 Å². The van der Waals surface area contributed by atoms with Crippen LogP contribution in [0.25, 0.3) is 4.96 Å². The third-order valence-electron chi connectivity index (χ3n) is 3.60. The summed E-state index contributed by atoms with van der Waals surface area (Å²) < 4.78 is 1.92. The predicted octanol–water partition coefficient (Wildman–Crippen LogP) is 2.55. The largest absolute Gasteiger partial charge is 0.481 e. The number of hydrogen-bond donors (Lipinski definition) is 1. The third-order valence-corrected chi connectivity index (χ3v) is 4.72. The van der Waals surface area contributed by atoms with E-state index in [1.165, 1.54) is 11.3 Å². The van der Waals surface area contributed by atoms with Crippen molar-refractivity contribution >= 4 is 28.2 Å². The molecule has 0 aliphatic rings. The minimum atomic E-state index is -0.900. The standard InChI is InChI=1S/C15H22N4O3S/c1-5-7-18(8-6-11(20)21)14(22)12-10(4)19-13(9(2)3)16-17-15(19)23-12/h9H,5-8H2,1-4H3,(H,20,21). The molecule has 0 aliphatic carbocycles. The van der Waals surface area contributed by atoms with Crippen LogP contribution in [0.2, 0.25) is 0 Å². The summed E-state index contributed by atoms with van der Waals surface area (Å²) in [5, 5.41) is 17.2. The fourth-order valence-electron chi connectivity index (χ4n) is 2.46. The monoisotopic (exact) mass is 338 g/mol. The summed E-state index contributed by atoms with van der Waals surface area (Å²) in [6.07, 6.45) is 0.734. The molecule has 2 rings (SSSR count). The number of aliphatic carboxylic acids is 1. The van der Waals surface area contributed by atoms with E-state index in [2.05, 4.69) is 10.2 Å². The zero-order valence-electron chi connectivity index (χ0n) is 13.9. The van der Waals surface area contributed by atoms with Crippen molar-refractivity contribution in [1.29, 1.82) is 0 Å². The quantitative estimate of drug-likeness (QED) is 0.838. The van der Waals surface area contributed by atoms with Crippen molar-refractivity contribution in [3.63, 3.8) is 0 Å². The molecule has 1 N–H and O–H groups in total. The van der Waals surface area contributed by atoms with Gasteiger partial charge in [-0.25, -0.2) is 0 Å². The summed E-state index contributed by atoms with van der Waals surface area (Å²) in [6.45, 7) is 8.68. The van der Waals surface area contributed by atoms with Crippen molar-refractivity contribution in [3.8, 4) is 0 Å². The molecule has 8 heteroatoms. The normalized spacial score (nSPS) is 11.3. The predicted molar refractivity (Wildman–Crippen MR) is 88.1 cm³/mol. The summed E-state index contributed by atoms with van der Waals surface area (Å²) in [7, 11) is 0. The Morgan fingerprint density at radius 1 is 1.30 bits per heavy atom. The molecule has 0 aromatic carbocycles. The van der Waals surface area contributed by atoms with Crippen LogP contribution >= 0.6 is 11.3 Å². The highest BCUT2D eigenvalue weighted by Crippen LogP contribution is 2.27. The van der Waals surface area contributed by atoms with Crippen LogP contribution < -0.4 is 0 Å². The number of carboxylic acid groups (broad SMARTS) is 1. The molecule has 0 spiro atoms. The minimum Gasteiger partial charge on any atom is -0.481 e. The first-order valence-electron chi connectivity index (χ1n) is 7.72. The van der Waals surface area contributed by atoms with Crippen molar-refractivity contribution in [3.05, 3.63) is 16.4 Å². The number of aryl methyl sites for hydroxylation is 1. The summed E-state index contributed by atoms with van der Waals surface area (Å²) in [5.41, 5.74) is 0.820. The van der Waals surface area contributed by atoms with Crippen LogP contribution in [0.4, 0.5) is 0 Å². The third kappa shape index (κ3) is 3.52. The van der Waals surface area contributed by atoms with Gasteiger partial charge in [-0.3, -0.25) is 14.0 Å². The Hall–Kier alpha value is -1.96. The molecule has 1 amide bonds. The summed E-state index contributed by atoms with van der Waals surface area (Å²) >= 11 is 1.31. The smallest absolute Gasteiger partial charge is 0.305 e. The van der Waals surface area contributed by atoms with Crippen molar-refractivity contribution in [1.82, 2.24) is 19.5 Å². The molecule has 0 radical (unpaired) electrons. The Balaban J connectivity index is 2.35. The van der Waals surface area contributed by atoms with Crippen molar-refractivity contribution in [2.45, 2.75) is 46.5 Å². The first kappa shape index (κ1) is 17.4. The van der Waals surface area contributed by atoms with Crippen LogP contribution in [0.15, 0.2) is 0 Å². The van der Waals surface area contributed by atoms with Gasteiger partial charge in [-0.05, 0) is 13.3 Å². The molecule has 2 aromatic rings. The molecule has 0 bridgehead atoms. The van der Waals surface area contributed by atoms with Crippen molar-refractivity contribution < 1.29 is 14.7 Å². The number of amides is 1. The highest BCUT2D eigenvalue weighted by atomic mass is 32.1. The van der Waals surface area contributed by atoms with E-state index in [0.717, 1.165) is 17.9 Å². The molecule has 2 heterocycles. The van der Waals surface area contributed by atoms with Crippen LogP contribution in [-0.2, 0) is 4.79 Å². The van der Waals surface area contributed by atoms with Gasteiger partial charge in [0.2, 0.25) is 4.96 Å². The molecule has 23 heavy (non-hydrogen) atoms. The van der Waals surface area contributed by atoms with Gasteiger partial charge in [0.25, 0.3) is 5.91 Å². The van der Waals surface area contributed by atoms with Gasteiger partial charge in [0.05, 0.1) is 6.42 Å². The zero-order valence-corrected chi connectivity index (χ0v) is 14.7. The summed E-state index contributed by atoms with van der Waals surface area (Å²) in [4.78, 5) is 26.5. The molecule has 0 atom stereocenters. The number of aromatic nitrogens is 3. The highest BCUT2D eigenvalue weighted by molar-refractivity contribution is 7.19. The number of nitrogens with zero attached hydrogens (tertiary/aromatic N) is 4. The minimum absolute atomic E-state index is 0.0495. The van der Waals surface area contributed by atoms with Gasteiger partial charge < -0.3 is 10.0 Å². The van der Waals surface area contributed by atoms with Gasteiger partial charge in [0, 0.05) is 24.7 Å². The lowest BCUT2D eigenvalue weighted by molar-refractivity contribution is -0.137. The van der Waals surface area contributed by atoms with Crippen molar-refractivity contribution in [2.24, 2.45) is 0 Å². The van der Waals surface area contributed by atoms with E-state index in [0.29, 0.717) is 16.4 Å².